The lowest BCUT2D eigenvalue weighted by molar-refractivity contribution is 0.248. The third-order valence-corrected chi connectivity index (χ3v) is 2.48. The maximum atomic E-state index is 11.4. The molecule has 0 saturated heterocycles. The van der Waals surface area contributed by atoms with Gasteiger partial charge in [-0.15, -0.1) is 23.7 Å². The number of hydrogen-bond acceptors (Lipinski definition) is 3. The summed E-state index contributed by atoms with van der Waals surface area (Å²) in [5.41, 5.74) is 5.41. The zero-order valence-electron chi connectivity index (χ0n) is 7.90. The Morgan fingerprint density at radius 2 is 2.43 bits per heavy atom. The summed E-state index contributed by atoms with van der Waals surface area (Å²) >= 11 is 1.52. The molecule has 6 heteroatoms. The van der Waals surface area contributed by atoms with Gasteiger partial charge in [-0.25, -0.2) is 4.79 Å². The number of halogens is 1. The van der Waals surface area contributed by atoms with E-state index in [0.29, 0.717) is 13.1 Å². The standard InChI is InChI=1S/C8H13N3OS.ClH/c1-10-8(12)11(5-4-9)7-3-2-6-13-7;/h2-3,6H,4-5,9H2,1H3,(H,10,12);1H. The molecule has 0 aliphatic carbocycles. The van der Waals surface area contributed by atoms with Gasteiger partial charge in [-0.1, -0.05) is 0 Å². The van der Waals surface area contributed by atoms with Gasteiger partial charge in [-0.3, -0.25) is 4.90 Å². The number of urea groups is 1. The van der Waals surface area contributed by atoms with Gasteiger partial charge in [0.25, 0.3) is 0 Å². The summed E-state index contributed by atoms with van der Waals surface area (Å²) in [6.45, 7) is 1.01. The van der Waals surface area contributed by atoms with E-state index < -0.39 is 0 Å². The van der Waals surface area contributed by atoms with Crippen molar-refractivity contribution in [1.29, 1.82) is 0 Å². The lowest BCUT2D eigenvalue weighted by Crippen LogP contribution is -2.40. The highest BCUT2D eigenvalue weighted by Crippen LogP contribution is 2.20. The average Bonchev–Trinajstić information content (AvgIpc) is 2.65. The van der Waals surface area contributed by atoms with Crippen molar-refractivity contribution < 1.29 is 4.79 Å². The fourth-order valence-corrected chi connectivity index (χ4v) is 1.75. The molecule has 3 N–H and O–H groups in total. The molecule has 0 bridgehead atoms. The summed E-state index contributed by atoms with van der Waals surface area (Å²) in [6.07, 6.45) is 0. The van der Waals surface area contributed by atoms with E-state index in [0.717, 1.165) is 5.00 Å². The van der Waals surface area contributed by atoms with E-state index in [1.165, 1.54) is 11.3 Å². The molecule has 80 valence electrons. The second-order valence-electron chi connectivity index (χ2n) is 2.45. The Morgan fingerprint density at radius 3 is 2.86 bits per heavy atom. The molecule has 1 rings (SSSR count). The number of rotatable bonds is 3. The number of nitrogens with two attached hydrogens (primary N) is 1. The Labute approximate surface area is 93.5 Å². The molecule has 1 aromatic heterocycles. The minimum absolute atomic E-state index is 0. The summed E-state index contributed by atoms with van der Waals surface area (Å²) in [4.78, 5) is 13.0. The van der Waals surface area contributed by atoms with Crippen LogP contribution in [0, 0.1) is 0 Å². The number of anilines is 1. The van der Waals surface area contributed by atoms with Crippen molar-refractivity contribution in [1.82, 2.24) is 5.32 Å². The van der Waals surface area contributed by atoms with E-state index in [2.05, 4.69) is 5.32 Å². The number of carbonyl (C=O) groups is 1. The molecule has 0 aromatic carbocycles. The van der Waals surface area contributed by atoms with Crippen LogP contribution in [-0.4, -0.2) is 26.2 Å². The van der Waals surface area contributed by atoms with Crippen LogP contribution in [0.2, 0.25) is 0 Å². The first-order chi connectivity index (χ1) is 6.29. The fourth-order valence-electron chi connectivity index (χ4n) is 0.999. The molecule has 2 amide bonds. The van der Waals surface area contributed by atoms with Crippen LogP contribution in [0.5, 0.6) is 0 Å². The molecule has 0 aliphatic rings. The molecule has 14 heavy (non-hydrogen) atoms. The van der Waals surface area contributed by atoms with Crippen molar-refractivity contribution in [2.75, 3.05) is 25.0 Å². The number of nitrogens with zero attached hydrogens (tertiary/aromatic N) is 1. The average molecular weight is 236 g/mol. The molecular formula is C8H14ClN3OS. The van der Waals surface area contributed by atoms with E-state index in [1.54, 1.807) is 11.9 Å². The number of hydrogen-bond donors (Lipinski definition) is 2. The Hall–Kier alpha value is -0.780. The van der Waals surface area contributed by atoms with E-state index >= 15 is 0 Å². The second kappa shape index (κ2) is 6.64. The SMILES string of the molecule is CNC(=O)N(CCN)c1cccs1.Cl. The van der Waals surface area contributed by atoms with Crippen molar-refractivity contribution >= 4 is 34.8 Å². The number of amides is 2. The van der Waals surface area contributed by atoms with Gasteiger partial charge in [0.1, 0.15) is 0 Å². The topological polar surface area (TPSA) is 58.4 Å². The third kappa shape index (κ3) is 3.17. The first-order valence-corrected chi connectivity index (χ1v) is 4.90. The zero-order chi connectivity index (χ0) is 9.68. The monoisotopic (exact) mass is 235 g/mol. The summed E-state index contributed by atoms with van der Waals surface area (Å²) < 4.78 is 0. The molecule has 0 spiro atoms. The minimum atomic E-state index is -0.118. The first-order valence-electron chi connectivity index (χ1n) is 4.02. The van der Waals surface area contributed by atoms with Crippen molar-refractivity contribution in [2.24, 2.45) is 5.73 Å². The maximum Gasteiger partial charge on any atom is 0.322 e. The van der Waals surface area contributed by atoms with Gasteiger partial charge in [0, 0.05) is 20.1 Å². The molecule has 0 fully saturated rings. The molecule has 1 aromatic rings. The first kappa shape index (κ1) is 13.2. The van der Waals surface area contributed by atoms with E-state index in [4.69, 9.17) is 5.73 Å². The number of thiophene rings is 1. The Kier molecular flexibility index (Phi) is 6.27. The fraction of sp³-hybridized carbons (Fsp3) is 0.375. The van der Waals surface area contributed by atoms with Crippen LogP contribution in [0.25, 0.3) is 0 Å². The van der Waals surface area contributed by atoms with Gasteiger partial charge >= 0.3 is 6.03 Å². The summed E-state index contributed by atoms with van der Waals surface area (Å²) in [6, 6.07) is 3.69. The summed E-state index contributed by atoms with van der Waals surface area (Å²) in [5.74, 6) is 0. The normalized spacial score (nSPS) is 9.00. The largest absolute Gasteiger partial charge is 0.341 e. The van der Waals surface area contributed by atoms with Crippen LogP contribution in [-0.2, 0) is 0 Å². The predicted molar refractivity (Wildman–Crippen MR) is 62.4 cm³/mol. The summed E-state index contributed by atoms with van der Waals surface area (Å²) in [5, 5.41) is 5.43. The van der Waals surface area contributed by atoms with E-state index in [1.807, 2.05) is 17.5 Å². The summed E-state index contributed by atoms with van der Waals surface area (Å²) in [7, 11) is 1.61. The number of nitrogens with one attached hydrogen (secondary N) is 1. The van der Waals surface area contributed by atoms with E-state index in [9.17, 15) is 4.79 Å². The van der Waals surface area contributed by atoms with Gasteiger partial charge in [-0.2, -0.15) is 0 Å². The predicted octanol–water partition coefficient (Wildman–Crippen LogP) is 1.27. The molecule has 0 radical (unpaired) electrons. The smallest absolute Gasteiger partial charge is 0.322 e. The number of carbonyl (C=O) groups excluding carboxylic acids is 1. The van der Waals surface area contributed by atoms with Crippen LogP contribution in [0.4, 0.5) is 9.80 Å². The lowest BCUT2D eigenvalue weighted by atomic mass is 10.5. The van der Waals surface area contributed by atoms with Gasteiger partial charge < -0.3 is 11.1 Å². The zero-order valence-corrected chi connectivity index (χ0v) is 9.53. The molecule has 0 aliphatic heterocycles. The second-order valence-corrected chi connectivity index (χ2v) is 3.37. The molecular weight excluding hydrogens is 222 g/mol. The van der Waals surface area contributed by atoms with Gasteiger partial charge in [0.15, 0.2) is 0 Å². The molecule has 0 saturated carbocycles. The highest BCUT2D eigenvalue weighted by molar-refractivity contribution is 7.14. The lowest BCUT2D eigenvalue weighted by Gasteiger charge is -2.19. The van der Waals surface area contributed by atoms with Crippen molar-refractivity contribution in [3.8, 4) is 0 Å². The van der Waals surface area contributed by atoms with Gasteiger partial charge in [-0.05, 0) is 17.5 Å². The van der Waals surface area contributed by atoms with Crippen LogP contribution < -0.4 is 16.0 Å². The van der Waals surface area contributed by atoms with Crippen LogP contribution in [0.3, 0.4) is 0 Å². The van der Waals surface area contributed by atoms with Crippen LogP contribution in [0.15, 0.2) is 17.5 Å². The molecule has 1 heterocycles. The van der Waals surface area contributed by atoms with Crippen LogP contribution >= 0.6 is 23.7 Å². The highest BCUT2D eigenvalue weighted by Gasteiger charge is 2.13. The van der Waals surface area contributed by atoms with E-state index in [-0.39, 0.29) is 18.4 Å². The molecule has 4 nitrogen and oxygen atoms in total. The molecule has 0 atom stereocenters. The maximum absolute atomic E-state index is 11.4. The van der Waals surface area contributed by atoms with Crippen molar-refractivity contribution in [3.05, 3.63) is 17.5 Å². The highest BCUT2D eigenvalue weighted by atomic mass is 35.5. The Balaban J connectivity index is 0.00000169. The van der Waals surface area contributed by atoms with Gasteiger partial charge in [0.2, 0.25) is 0 Å². The molecule has 0 unspecified atom stereocenters. The van der Waals surface area contributed by atoms with Crippen molar-refractivity contribution in [2.45, 2.75) is 0 Å². The Morgan fingerprint density at radius 1 is 1.71 bits per heavy atom. The van der Waals surface area contributed by atoms with Gasteiger partial charge in [0.05, 0.1) is 5.00 Å². The quantitative estimate of drug-likeness (QED) is 0.829. The minimum Gasteiger partial charge on any atom is -0.341 e. The third-order valence-electron chi connectivity index (χ3n) is 1.58. The Bertz CT molecular complexity index is 266. The van der Waals surface area contributed by atoms with Crippen molar-refractivity contribution in [3.63, 3.8) is 0 Å². The van der Waals surface area contributed by atoms with Crippen LogP contribution in [0.1, 0.15) is 0 Å².